The molecule has 0 spiro atoms. The maximum absolute atomic E-state index is 12.0. The third-order valence-electron chi connectivity index (χ3n) is 4.24. The molecule has 3 rings (SSSR count). The summed E-state index contributed by atoms with van der Waals surface area (Å²) in [6.45, 7) is 2.61. The highest BCUT2D eigenvalue weighted by atomic mass is 16.5. The van der Waals surface area contributed by atoms with Crippen LogP contribution in [0.25, 0.3) is 0 Å². The third kappa shape index (κ3) is 6.35. The highest BCUT2D eigenvalue weighted by Gasteiger charge is 2.12. The van der Waals surface area contributed by atoms with Crippen LogP contribution in [-0.4, -0.2) is 63.4 Å². The fourth-order valence-corrected chi connectivity index (χ4v) is 2.70. The summed E-state index contributed by atoms with van der Waals surface area (Å²) in [5.41, 5.74) is 0.566. The number of rotatable bonds is 8. The zero-order valence-electron chi connectivity index (χ0n) is 16.2. The monoisotopic (exact) mass is 400 g/mol. The van der Waals surface area contributed by atoms with E-state index in [1.165, 1.54) is 0 Å². The van der Waals surface area contributed by atoms with Gasteiger partial charge in [-0.25, -0.2) is 4.98 Å². The van der Waals surface area contributed by atoms with E-state index >= 15 is 0 Å². The summed E-state index contributed by atoms with van der Waals surface area (Å²) in [6.07, 6.45) is 1.59. The quantitative estimate of drug-likeness (QED) is 0.683. The number of carbonyl (C=O) groups is 2. The Balaban J connectivity index is 1.38. The molecule has 1 fully saturated rings. The lowest BCUT2D eigenvalue weighted by molar-refractivity contribution is -0.125. The minimum Gasteiger partial charge on any atom is -0.497 e. The van der Waals surface area contributed by atoms with Crippen LogP contribution in [-0.2, 0) is 14.3 Å². The van der Waals surface area contributed by atoms with Crippen LogP contribution in [0.1, 0.15) is 0 Å². The number of morpholine rings is 1. The number of aromatic nitrogens is 1. The molecule has 0 unspecified atom stereocenters. The molecule has 1 saturated heterocycles. The van der Waals surface area contributed by atoms with Gasteiger partial charge in [-0.15, -0.1) is 0 Å². The van der Waals surface area contributed by atoms with Crippen molar-refractivity contribution in [2.24, 2.45) is 0 Å². The minimum atomic E-state index is -0.392. The van der Waals surface area contributed by atoms with E-state index in [4.69, 9.17) is 14.2 Å². The maximum Gasteiger partial charge on any atom is 0.258 e. The Labute approximate surface area is 169 Å². The second kappa shape index (κ2) is 10.3. The van der Waals surface area contributed by atoms with Crippen molar-refractivity contribution in [3.05, 3.63) is 42.6 Å². The van der Waals surface area contributed by atoms with Gasteiger partial charge >= 0.3 is 0 Å². The number of nitrogens with zero attached hydrogens (tertiary/aromatic N) is 2. The number of hydrogen-bond donors (Lipinski definition) is 2. The second-order valence-corrected chi connectivity index (χ2v) is 6.29. The Kier molecular flexibility index (Phi) is 7.23. The predicted octanol–water partition coefficient (Wildman–Crippen LogP) is 1.06. The highest BCUT2D eigenvalue weighted by molar-refractivity contribution is 5.94. The molecule has 154 valence electrons. The van der Waals surface area contributed by atoms with E-state index in [-0.39, 0.29) is 19.1 Å². The van der Waals surface area contributed by atoms with Gasteiger partial charge in [0.2, 0.25) is 5.91 Å². The highest BCUT2D eigenvalue weighted by Crippen LogP contribution is 2.17. The number of benzene rings is 1. The van der Waals surface area contributed by atoms with Crippen molar-refractivity contribution in [1.29, 1.82) is 0 Å². The number of carbonyl (C=O) groups excluding carboxylic acids is 2. The molecule has 1 aliphatic rings. The number of ether oxygens (including phenoxy) is 3. The topological polar surface area (TPSA) is 102 Å². The first-order valence-electron chi connectivity index (χ1n) is 9.26. The number of nitrogens with one attached hydrogen (secondary N) is 2. The standard InChI is InChI=1S/C20H24N4O5/c1-27-16-3-5-17(6-4-16)29-14-20(26)22-13-19(25)23-15-2-7-18(21-12-15)24-8-10-28-11-9-24/h2-7,12H,8-11,13-14H2,1H3,(H,22,26)(H,23,25). The van der Waals surface area contributed by atoms with Crippen LogP contribution in [0.2, 0.25) is 0 Å². The number of amides is 2. The molecule has 2 aromatic rings. The molecule has 0 bridgehead atoms. The molecule has 2 amide bonds. The number of pyridine rings is 1. The summed E-state index contributed by atoms with van der Waals surface area (Å²) in [4.78, 5) is 30.3. The Morgan fingerprint density at radius 3 is 2.45 bits per heavy atom. The van der Waals surface area contributed by atoms with E-state index in [1.807, 2.05) is 6.07 Å². The van der Waals surface area contributed by atoms with Crippen molar-refractivity contribution in [3.8, 4) is 11.5 Å². The van der Waals surface area contributed by atoms with Gasteiger partial charge < -0.3 is 29.7 Å². The SMILES string of the molecule is COc1ccc(OCC(=O)NCC(=O)Nc2ccc(N3CCOCC3)nc2)cc1. The molecule has 9 heteroatoms. The van der Waals surface area contributed by atoms with Crippen molar-refractivity contribution in [2.45, 2.75) is 0 Å². The molecule has 1 aliphatic heterocycles. The van der Waals surface area contributed by atoms with Crippen LogP contribution in [0.4, 0.5) is 11.5 Å². The van der Waals surface area contributed by atoms with E-state index < -0.39 is 5.91 Å². The molecule has 2 heterocycles. The van der Waals surface area contributed by atoms with Crippen molar-refractivity contribution in [3.63, 3.8) is 0 Å². The normalized spacial score (nSPS) is 13.5. The molecule has 0 aliphatic carbocycles. The van der Waals surface area contributed by atoms with Crippen LogP contribution < -0.4 is 25.0 Å². The first kappa shape index (κ1) is 20.4. The van der Waals surface area contributed by atoms with Gasteiger partial charge in [0, 0.05) is 13.1 Å². The van der Waals surface area contributed by atoms with Crippen LogP contribution in [0, 0.1) is 0 Å². The number of anilines is 2. The fourth-order valence-electron chi connectivity index (χ4n) is 2.70. The Morgan fingerprint density at radius 2 is 1.79 bits per heavy atom. The largest absolute Gasteiger partial charge is 0.497 e. The zero-order chi connectivity index (χ0) is 20.5. The van der Waals surface area contributed by atoms with Gasteiger partial charge in [0.15, 0.2) is 6.61 Å². The van der Waals surface area contributed by atoms with Crippen LogP contribution >= 0.6 is 0 Å². The molecule has 2 N–H and O–H groups in total. The molecule has 0 atom stereocenters. The molecule has 1 aromatic carbocycles. The average Bonchev–Trinajstić information content (AvgIpc) is 2.78. The molecule has 9 nitrogen and oxygen atoms in total. The van der Waals surface area contributed by atoms with Gasteiger partial charge in [-0.05, 0) is 36.4 Å². The molecule has 29 heavy (non-hydrogen) atoms. The lowest BCUT2D eigenvalue weighted by atomic mass is 10.3. The molecule has 0 radical (unpaired) electrons. The van der Waals surface area contributed by atoms with Crippen LogP contribution in [0.15, 0.2) is 42.6 Å². The van der Waals surface area contributed by atoms with Gasteiger partial charge in [0.05, 0.1) is 38.8 Å². The summed E-state index contributed by atoms with van der Waals surface area (Å²) in [6, 6.07) is 10.5. The van der Waals surface area contributed by atoms with Gasteiger partial charge in [-0.2, -0.15) is 0 Å². The summed E-state index contributed by atoms with van der Waals surface area (Å²) >= 11 is 0. The summed E-state index contributed by atoms with van der Waals surface area (Å²) < 4.78 is 15.7. The molecular formula is C20H24N4O5. The Hall–Kier alpha value is -3.33. The molecular weight excluding hydrogens is 376 g/mol. The number of methoxy groups -OCH3 is 1. The van der Waals surface area contributed by atoms with Gasteiger partial charge in [0.25, 0.3) is 5.91 Å². The fraction of sp³-hybridized carbons (Fsp3) is 0.350. The van der Waals surface area contributed by atoms with Gasteiger partial charge in [0.1, 0.15) is 17.3 Å². The van der Waals surface area contributed by atoms with Crippen molar-refractivity contribution >= 4 is 23.3 Å². The minimum absolute atomic E-state index is 0.157. The van der Waals surface area contributed by atoms with E-state index in [1.54, 1.807) is 43.6 Å². The average molecular weight is 400 g/mol. The van der Waals surface area contributed by atoms with Crippen molar-refractivity contribution < 1.29 is 23.8 Å². The number of hydrogen-bond acceptors (Lipinski definition) is 7. The van der Waals surface area contributed by atoms with Crippen LogP contribution in [0.3, 0.4) is 0 Å². The molecule has 0 saturated carbocycles. The summed E-state index contributed by atoms with van der Waals surface area (Å²) in [7, 11) is 1.57. The third-order valence-corrected chi connectivity index (χ3v) is 4.24. The summed E-state index contributed by atoms with van der Waals surface area (Å²) in [5, 5.41) is 5.22. The zero-order valence-corrected chi connectivity index (χ0v) is 16.2. The Morgan fingerprint density at radius 1 is 1.07 bits per heavy atom. The first-order valence-corrected chi connectivity index (χ1v) is 9.26. The van der Waals surface area contributed by atoms with E-state index in [0.29, 0.717) is 30.4 Å². The first-order chi connectivity index (χ1) is 14.1. The van der Waals surface area contributed by atoms with E-state index in [0.717, 1.165) is 18.9 Å². The Bertz CT molecular complexity index is 805. The van der Waals surface area contributed by atoms with Crippen molar-refractivity contribution in [2.75, 3.05) is 56.8 Å². The van der Waals surface area contributed by atoms with Gasteiger partial charge in [-0.1, -0.05) is 0 Å². The second-order valence-electron chi connectivity index (χ2n) is 6.29. The van der Waals surface area contributed by atoms with Gasteiger partial charge in [-0.3, -0.25) is 9.59 Å². The van der Waals surface area contributed by atoms with Crippen molar-refractivity contribution in [1.82, 2.24) is 10.3 Å². The molecule has 1 aromatic heterocycles. The lowest BCUT2D eigenvalue weighted by Crippen LogP contribution is -2.37. The van der Waals surface area contributed by atoms with E-state index in [2.05, 4.69) is 20.5 Å². The van der Waals surface area contributed by atoms with E-state index in [9.17, 15) is 9.59 Å². The summed E-state index contributed by atoms with van der Waals surface area (Å²) in [5.74, 6) is 1.35. The lowest BCUT2D eigenvalue weighted by Gasteiger charge is -2.27. The van der Waals surface area contributed by atoms with Crippen LogP contribution in [0.5, 0.6) is 11.5 Å². The predicted molar refractivity (Wildman–Crippen MR) is 107 cm³/mol. The smallest absolute Gasteiger partial charge is 0.258 e. The maximum atomic E-state index is 12.0.